The summed E-state index contributed by atoms with van der Waals surface area (Å²) in [6.07, 6.45) is 1.29. The van der Waals surface area contributed by atoms with Gasteiger partial charge in [0.15, 0.2) is 23.4 Å². The summed E-state index contributed by atoms with van der Waals surface area (Å²) in [5, 5.41) is 1.83. The molecule has 0 amide bonds. The Morgan fingerprint density at radius 1 is 1.23 bits per heavy atom. The first kappa shape index (κ1) is 19.6. The van der Waals surface area contributed by atoms with Gasteiger partial charge in [-0.3, -0.25) is 14.2 Å². The predicted molar refractivity (Wildman–Crippen MR) is 118 cm³/mol. The number of nitrogens with zero attached hydrogens (tertiary/aromatic N) is 3. The number of para-hydroxylation sites is 2. The molecule has 1 aromatic carbocycles. The van der Waals surface area contributed by atoms with Crippen molar-refractivity contribution in [2.45, 2.75) is 33.0 Å². The molecule has 0 spiro atoms. The van der Waals surface area contributed by atoms with Crippen LogP contribution in [-0.4, -0.2) is 32.6 Å². The molecule has 1 aliphatic rings. The Bertz CT molecular complexity index is 1350. The molecule has 8 heteroatoms. The Balaban J connectivity index is 1.36. The van der Waals surface area contributed by atoms with Gasteiger partial charge >= 0.3 is 0 Å². The van der Waals surface area contributed by atoms with Crippen molar-refractivity contribution in [2.75, 3.05) is 6.61 Å². The number of hydrogen-bond donors (Lipinski definition) is 0. The van der Waals surface area contributed by atoms with Gasteiger partial charge < -0.3 is 14.0 Å². The van der Waals surface area contributed by atoms with Gasteiger partial charge in [-0.05, 0) is 43.5 Å². The van der Waals surface area contributed by atoms with Crippen LogP contribution in [0, 0.1) is 13.8 Å². The number of fused-ring (bicyclic) bond motifs is 2. The number of aryl methyl sites for hydroxylation is 1. The van der Waals surface area contributed by atoms with Gasteiger partial charge in [-0.25, -0.2) is 4.98 Å². The molecule has 1 unspecified atom stereocenters. The highest BCUT2D eigenvalue weighted by Crippen LogP contribution is 2.31. The van der Waals surface area contributed by atoms with Crippen molar-refractivity contribution in [2.24, 2.45) is 0 Å². The van der Waals surface area contributed by atoms with Crippen LogP contribution in [-0.2, 0) is 13.1 Å². The molecule has 0 N–H and O–H groups in total. The Hall–Kier alpha value is -3.39. The van der Waals surface area contributed by atoms with Gasteiger partial charge in [0, 0.05) is 17.0 Å². The maximum Gasteiger partial charge on any atom is 0.271 e. The van der Waals surface area contributed by atoms with Crippen LogP contribution in [0.15, 0.2) is 52.9 Å². The monoisotopic (exact) mass is 435 g/mol. The number of rotatable bonds is 5. The van der Waals surface area contributed by atoms with Gasteiger partial charge in [0.05, 0.1) is 24.9 Å². The average molecular weight is 436 g/mol. The van der Waals surface area contributed by atoms with E-state index in [2.05, 4.69) is 9.55 Å². The average Bonchev–Trinajstić information content (AvgIpc) is 3.36. The zero-order chi connectivity index (χ0) is 21.5. The zero-order valence-electron chi connectivity index (χ0n) is 17.2. The molecule has 31 heavy (non-hydrogen) atoms. The molecule has 0 aliphatic carbocycles. The summed E-state index contributed by atoms with van der Waals surface area (Å²) in [4.78, 5) is 29.9. The summed E-state index contributed by atoms with van der Waals surface area (Å²) >= 11 is 1.34. The van der Waals surface area contributed by atoms with Crippen molar-refractivity contribution < 1.29 is 14.3 Å². The van der Waals surface area contributed by atoms with E-state index in [1.54, 1.807) is 6.07 Å². The molecule has 0 fully saturated rings. The first-order chi connectivity index (χ1) is 15.0. The fourth-order valence-corrected chi connectivity index (χ4v) is 4.75. The summed E-state index contributed by atoms with van der Waals surface area (Å²) in [7, 11) is 0. The fraction of sp³-hybridized carbons (Fsp3) is 0.261. The number of benzene rings is 1. The van der Waals surface area contributed by atoms with Crippen molar-refractivity contribution >= 4 is 27.3 Å². The lowest BCUT2D eigenvalue weighted by atomic mass is 10.1. The Morgan fingerprint density at radius 2 is 2.03 bits per heavy atom. The van der Waals surface area contributed by atoms with Gasteiger partial charge in [0.2, 0.25) is 0 Å². The fourth-order valence-electron chi connectivity index (χ4n) is 3.95. The zero-order valence-corrected chi connectivity index (χ0v) is 18.0. The summed E-state index contributed by atoms with van der Waals surface area (Å²) < 4.78 is 15.9. The SMILES string of the molecule is Cc1cc(C(=O)Cn2cnc3ccsc3c2=O)c(C)n1CC1COc2ccccc2O1. The lowest BCUT2D eigenvalue weighted by Crippen LogP contribution is -2.33. The minimum absolute atomic E-state index is 0.0413. The van der Waals surface area contributed by atoms with E-state index in [0.717, 1.165) is 22.9 Å². The van der Waals surface area contributed by atoms with Crippen LogP contribution in [0.25, 0.3) is 10.2 Å². The normalized spacial score (nSPS) is 15.4. The third-order valence-corrected chi connectivity index (χ3v) is 6.47. The summed E-state index contributed by atoms with van der Waals surface area (Å²) in [6.45, 7) is 4.86. The topological polar surface area (TPSA) is 75.4 Å². The second-order valence-corrected chi connectivity index (χ2v) is 8.54. The van der Waals surface area contributed by atoms with Crippen molar-refractivity contribution in [1.82, 2.24) is 14.1 Å². The number of Topliss-reactive ketones (excluding diaryl/α,β-unsaturated/α-hetero) is 1. The molecule has 1 atom stereocenters. The van der Waals surface area contributed by atoms with Crippen molar-refractivity contribution in [3.05, 3.63) is 75.4 Å². The number of ether oxygens (including phenoxy) is 2. The van der Waals surface area contributed by atoms with E-state index in [-0.39, 0.29) is 24.0 Å². The van der Waals surface area contributed by atoms with Crippen molar-refractivity contribution in [3.8, 4) is 11.5 Å². The molecule has 7 nitrogen and oxygen atoms in total. The highest BCUT2D eigenvalue weighted by atomic mass is 32.1. The summed E-state index contributed by atoms with van der Waals surface area (Å²) in [5.41, 5.74) is 2.89. The maximum atomic E-state index is 13.0. The first-order valence-corrected chi connectivity index (χ1v) is 10.9. The highest BCUT2D eigenvalue weighted by molar-refractivity contribution is 7.17. The first-order valence-electron chi connectivity index (χ1n) is 10.0. The summed E-state index contributed by atoms with van der Waals surface area (Å²) in [6, 6.07) is 11.3. The number of carbonyl (C=O) groups excluding carboxylic acids is 1. The minimum Gasteiger partial charge on any atom is -0.486 e. The Kier molecular flexibility index (Phi) is 4.86. The van der Waals surface area contributed by atoms with E-state index < -0.39 is 0 Å². The lowest BCUT2D eigenvalue weighted by molar-refractivity contribution is 0.0777. The molecule has 0 saturated carbocycles. The molecule has 4 aromatic rings. The van der Waals surface area contributed by atoms with E-state index in [0.29, 0.717) is 28.9 Å². The Morgan fingerprint density at radius 3 is 2.87 bits per heavy atom. The van der Waals surface area contributed by atoms with Crippen LogP contribution >= 0.6 is 11.3 Å². The third-order valence-electron chi connectivity index (χ3n) is 5.58. The van der Waals surface area contributed by atoms with E-state index in [9.17, 15) is 9.59 Å². The summed E-state index contributed by atoms with van der Waals surface area (Å²) in [5.74, 6) is 1.36. The van der Waals surface area contributed by atoms with Crippen LogP contribution in [0.4, 0.5) is 0 Å². The lowest BCUT2D eigenvalue weighted by Gasteiger charge is -2.27. The molecular formula is C23H21N3O4S. The van der Waals surface area contributed by atoms with Crippen molar-refractivity contribution in [3.63, 3.8) is 0 Å². The van der Waals surface area contributed by atoms with Crippen molar-refractivity contribution in [1.29, 1.82) is 0 Å². The van der Waals surface area contributed by atoms with Gasteiger partial charge in [-0.2, -0.15) is 0 Å². The van der Waals surface area contributed by atoms with Crippen LogP contribution in [0.2, 0.25) is 0 Å². The molecule has 0 saturated heterocycles. The number of aromatic nitrogens is 3. The van der Waals surface area contributed by atoms with E-state index in [1.807, 2.05) is 49.6 Å². The van der Waals surface area contributed by atoms with E-state index in [4.69, 9.17) is 9.47 Å². The smallest absolute Gasteiger partial charge is 0.271 e. The maximum absolute atomic E-state index is 13.0. The number of carbonyl (C=O) groups is 1. The van der Waals surface area contributed by atoms with Crippen LogP contribution < -0.4 is 15.0 Å². The number of thiophene rings is 1. The molecule has 158 valence electrons. The van der Waals surface area contributed by atoms with E-state index >= 15 is 0 Å². The Labute approximate surface area is 182 Å². The molecule has 3 aromatic heterocycles. The van der Waals surface area contributed by atoms with E-state index in [1.165, 1.54) is 22.2 Å². The predicted octanol–water partition coefficient (Wildman–Crippen LogP) is 3.60. The quantitative estimate of drug-likeness (QED) is 0.448. The number of hydrogen-bond acceptors (Lipinski definition) is 6. The van der Waals surface area contributed by atoms with Gasteiger partial charge in [0.1, 0.15) is 11.3 Å². The molecule has 0 radical (unpaired) electrons. The van der Waals surface area contributed by atoms with Crippen LogP contribution in [0.5, 0.6) is 11.5 Å². The highest BCUT2D eigenvalue weighted by Gasteiger charge is 2.24. The molecule has 0 bridgehead atoms. The van der Waals surface area contributed by atoms with Crippen LogP contribution in [0.1, 0.15) is 21.7 Å². The van der Waals surface area contributed by atoms with Gasteiger partial charge in [0.25, 0.3) is 5.56 Å². The standard InChI is InChI=1S/C23H21N3O4S/c1-14-9-17(19(27)11-25-13-24-18-7-8-31-22(18)23(25)28)15(2)26(14)10-16-12-29-20-5-3-4-6-21(20)30-16/h3-9,13,16H,10-12H2,1-2H3. The molecule has 1 aliphatic heterocycles. The molecule has 5 rings (SSSR count). The largest absolute Gasteiger partial charge is 0.486 e. The number of ketones is 1. The molecule has 4 heterocycles. The van der Waals surface area contributed by atoms with Gasteiger partial charge in [-0.15, -0.1) is 11.3 Å². The minimum atomic E-state index is -0.187. The van der Waals surface area contributed by atoms with Gasteiger partial charge in [-0.1, -0.05) is 12.1 Å². The molecular weight excluding hydrogens is 414 g/mol. The third kappa shape index (κ3) is 3.53. The second-order valence-electron chi connectivity index (χ2n) is 7.63. The van der Waals surface area contributed by atoms with Crippen LogP contribution in [0.3, 0.4) is 0 Å². The second kappa shape index (κ2) is 7.70.